The maximum atomic E-state index is 6.06. The van der Waals surface area contributed by atoms with Crippen molar-refractivity contribution in [1.29, 1.82) is 0 Å². The van der Waals surface area contributed by atoms with Gasteiger partial charge >= 0.3 is 0 Å². The first kappa shape index (κ1) is 17.1. The Morgan fingerprint density at radius 3 is 2.35 bits per heavy atom. The molecule has 0 bridgehead atoms. The van der Waals surface area contributed by atoms with Gasteiger partial charge in [-0.15, -0.1) is 0 Å². The van der Waals surface area contributed by atoms with Crippen LogP contribution in [-0.4, -0.2) is 61.2 Å². The van der Waals surface area contributed by atoms with Gasteiger partial charge in [-0.1, -0.05) is 30.3 Å². The van der Waals surface area contributed by atoms with Crippen LogP contribution >= 0.6 is 0 Å². The molecule has 0 saturated carbocycles. The fourth-order valence-electron chi connectivity index (χ4n) is 3.98. The number of hydrogen-bond acceptors (Lipinski definition) is 6. The smallest absolute Gasteiger partial charge is 0.223 e. The van der Waals surface area contributed by atoms with Gasteiger partial charge in [0.05, 0.1) is 0 Å². The Morgan fingerprint density at radius 1 is 0.923 bits per heavy atom. The average Bonchev–Trinajstić information content (AvgIpc) is 2.69. The van der Waals surface area contributed by atoms with Gasteiger partial charge in [-0.25, -0.2) is 0 Å². The van der Waals surface area contributed by atoms with Crippen molar-refractivity contribution in [2.75, 3.05) is 61.8 Å². The molecule has 0 aliphatic carbocycles. The summed E-state index contributed by atoms with van der Waals surface area (Å²) in [7, 11) is 2.16. The predicted molar refractivity (Wildman–Crippen MR) is 107 cm³/mol. The van der Waals surface area contributed by atoms with Gasteiger partial charge in [-0.2, -0.15) is 9.97 Å². The summed E-state index contributed by atoms with van der Waals surface area (Å²) < 4.78 is 0. The minimum atomic E-state index is 0.373. The Morgan fingerprint density at radius 2 is 1.62 bits per heavy atom. The normalized spacial score (nSPS) is 21.8. The molecule has 4 rings (SSSR count). The van der Waals surface area contributed by atoms with Gasteiger partial charge in [0.15, 0.2) is 0 Å². The highest BCUT2D eigenvalue weighted by Gasteiger charge is 2.24. The van der Waals surface area contributed by atoms with E-state index in [2.05, 4.69) is 68.1 Å². The highest BCUT2D eigenvalue weighted by Crippen LogP contribution is 2.30. The second kappa shape index (κ2) is 7.50. The lowest BCUT2D eigenvalue weighted by Crippen LogP contribution is -2.45. The molecule has 26 heavy (non-hydrogen) atoms. The number of piperidine rings is 1. The van der Waals surface area contributed by atoms with Crippen molar-refractivity contribution in [3.8, 4) is 0 Å². The Kier molecular flexibility index (Phi) is 4.93. The van der Waals surface area contributed by atoms with E-state index in [4.69, 9.17) is 5.73 Å². The number of aromatic nitrogens is 2. The van der Waals surface area contributed by atoms with E-state index in [0.29, 0.717) is 11.9 Å². The third-order valence-corrected chi connectivity index (χ3v) is 5.56. The molecular formula is C20H28N6. The van der Waals surface area contributed by atoms with Gasteiger partial charge in [0.1, 0.15) is 11.6 Å². The minimum Gasteiger partial charge on any atom is -0.368 e. The van der Waals surface area contributed by atoms with Crippen LogP contribution in [0.15, 0.2) is 36.4 Å². The van der Waals surface area contributed by atoms with Gasteiger partial charge in [-0.3, -0.25) is 0 Å². The summed E-state index contributed by atoms with van der Waals surface area (Å²) in [5, 5.41) is 0. The maximum Gasteiger partial charge on any atom is 0.223 e. The molecule has 2 fully saturated rings. The Bertz CT molecular complexity index is 726. The fraction of sp³-hybridized carbons (Fsp3) is 0.500. The third-order valence-electron chi connectivity index (χ3n) is 5.56. The Balaban J connectivity index is 1.53. The van der Waals surface area contributed by atoms with Crippen LogP contribution in [0, 0.1) is 0 Å². The SMILES string of the molecule is CN1CCN(c2cc(N3CCCC(c4ccccc4)C3)nc(N)n2)CC1. The minimum absolute atomic E-state index is 0.373. The van der Waals surface area contributed by atoms with Crippen LogP contribution in [-0.2, 0) is 0 Å². The van der Waals surface area contributed by atoms with E-state index in [1.165, 1.54) is 18.4 Å². The summed E-state index contributed by atoms with van der Waals surface area (Å²) in [6, 6.07) is 12.9. The van der Waals surface area contributed by atoms with Crippen LogP contribution in [0.5, 0.6) is 0 Å². The van der Waals surface area contributed by atoms with Crippen LogP contribution in [0.2, 0.25) is 0 Å². The molecule has 2 N–H and O–H groups in total. The fourth-order valence-corrected chi connectivity index (χ4v) is 3.98. The summed E-state index contributed by atoms with van der Waals surface area (Å²) in [6.45, 7) is 6.10. The molecule has 2 saturated heterocycles. The number of likely N-dealkylation sites (N-methyl/N-ethyl adjacent to an activating group) is 1. The lowest BCUT2D eigenvalue weighted by Gasteiger charge is -2.36. The molecule has 2 aromatic rings. The molecule has 138 valence electrons. The van der Waals surface area contributed by atoms with E-state index in [1.807, 2.05) is 0 Å². The Hall–Kier alpha value is -2.34. The second-order valence-electron chi connectivity index (χ2n) is 7.43. The molecular weight excluding hydrogens is 324 g/mol. The first-order chi connectivity index (χ1) is 12.7. The van der Waals surface area contributed by atoms with E-state index in [9.17, 15) is 0 Å². The number of hydrogen-bond donors (Lipinski definition) is 1. The van der Waals surface area contributed by atoms with Gasteiger partial charge in [0.2, 0.25) is 5.95 Å². The van der Waals surface area contributed by atoms with Gasteiger partial charge in [-0.05, 0) is 25.5 Å². The maximum absolute atomic E-state index is 6.06. The second-order valence-corrected chi connectivity index (χ2v) is 7.43. The molecule has 1 atom stereocenters. The monoisotopic (exact) mass is 352 g/mol. The first-order valence-corrected chi connectivity index (χ1v) is 9.57. The molecule has 1 aromatic carbocycles. The largest absolute Gasteiger partial charge is 0.368 e. The summed E-state index contributed by atoms with van der Waals surface area (Å²) in [4.78, 5) is 16.1. The summed E-state index contributed by atoms with van der Waals surface area (Å²) in [5.41, 5.74) is 7.48. The number of rotatable bonds is 3. The van der Waals surface area contributed by atoms with Gasteiger partial charge in [0, 0.05) is 51.3 Å². The molecule has 3 heterocycles. The number of benzene rings is 1. The molecule has 1 aromatic heterocycles. The number of nitrogens with two attached hydrogens (primary N) is 1. The molecule has 2 aliphatic heterocycles. The number of nitrogens with zero attached hydrogens (tertiary/aromatic N) is 5. The summed E-state index contributed by atoms with van der Waals surface area (Å²) in [6.07, 6.45) is 2.40. The van der Waals surface area contributed by atoms with Crippen molar-refractivity contribution < 1.29 is 0 Å². The van der Waals surface area contributed by atoms with Crippen LogP contribution in [0.4, 0.5) is 17.6 Å². The van der Waals surface area contributed by atoms with E-state index in [0.717, 1.165) is 50.9 Å². The van der Waals surface area contributed by atoms with E-state index in [1.54, 1.807) is 0 Å². The van der Waals surface area contributed by atoms with Gasteiger partial charge < -0.3 is 20.4 Å². The quantitative estimate of drug-likeness (QED) is 0.914. The predicted octanol–water partition coefficient (Wildman–Crippen LogP) is 2.19. The molecule has 0 spiro atoms. The number of anilines is 3. The van der Waals surface area contributed by atoms with Crippen LogP contribution in [0.25, 0.3) is 0 Å². The highest BCUT2D eigenvalue weighted by atomic mass is 15.3. The zero-order valence-electron chi connectivity index (χ0n) is 15.5. The summed E-state index contributed by atoms with van der Waals surface area (Å²) in [5.74, 6) is 2.85. The number of nitrogen functional groups attached to an aromatic ring is 1. The van der Waals surface area contributed by atoms with Crippen molar-refractivity contribution in [3.05, 3.63) is 42.0 Å². The van der Waals surface area contributed by atoms with Crippen molar-refractivity contribution >= 4 is 17.6 Å². The van der Waals surface area contributed by atoms with Crippen molar-refractivity contribution in [2.45, 2.75) is 18.8 Å². The molecule has 2 aliphatic rings. The molecule has 0 radical (unpaired) electrons. The van der Waals surface area contributed by atoms with E-state index in [-0.39, 0.29) is 0 Å². The number of piperazine rings is 1. The molecule has 1 unspecified atom stereocenters. The Labute approximate surface area is 155 Å². The zero-order valence-corrected chi connectivity index (χ0v) is 15.5. The van der Waals surface area contributed by atoms with Gasteiger partial charge in [0.25, 0.3) is 0 Å². The van der Waals surface area contributed by atoms with E-state index >= 15 is 0 Å². The van der Waals surface area contributed by atoms with Crippen LogP contribution in [0.1, 0.15) is 24.3 Å². The highest BCUT2D eigenvalue weighted by molar-refractivity contribution is 5.55. The standard InChI is InChI=1S/C20H28N6/c1-24-10-12-25(13-11-24)18-14-19(23-20(21)22-18)26-9-5-8-17(15-26)16-6-3-2-4-7-16/h2-4,6-7,14,17H,5,8-13,15H2,1H3,(H2,21,22,23). The van der Waals surface area contributed by atoms with Crippen molar-refractivity contribution in [3.63, 3.8) is 0 Å². The third kappa shape index (κ3) is 3.75. The van der Waals surface area contributed by atoms with E-state index < -0.39 is 0 Å². The molecule has 6 heteroatoms. The zero-order chi connectivity index (χ0) is 17.9. The summed E-state index contributed by atoms with van der Waals surface area (Å²) >= 11 is 0. The van der Waals surface area contributed by atoms with Crippen LogP contribution < -0.4 is 15.5 Å². The topological polar surface area (TPSA) is 61.5 Å². The average molecular weight is 352 g/mol. The molecule has 6 nitrogen and oxygen atoms in total. The lowest BCUT2D eigenvalue weighted by molar-refractivity contribution is 0.312. The molecule has 0 amide bonds. The first-order valence-electron chi connectivity index (χ1n) is 9.57. The lowest BCUT2D eigenvalue weighted by atomic mass is 9.91. The van der Waals surface area contributed by atoms with Crippen LogP contribution in [0.3, 0.4) is 0 Å². The van der Waals surface area contributed by atoms with Crippen molar-refractivity contribution in [2.24, 2.45) is 0 Å². The van der Waals surface area contributed by atoms with Crippen molar-refractivity contribution in [1.82, 2.24) is 14.9 Å².